The van der Waals surface area contributed by atoms with Gasteiger partial charge in [0.05, 0.1) is 29.9 Å². The number of ether oxygens (including phenoxy) is 2. The van der Waals surface area contributed by atoms with Crippen LogP contribution in [0.15, 0.2) is 18.2 Å². The zero-order chi connectivity index (χ0) is 19.5. The molecule has 7 nitrogen and oxygen atoms in total. The Hall–Kier alpha value is -1.96. The quantitative estimate of drug-likeness (QED) is 0.511. The summed E-state index contributed by atoms with van der Waals surface area (Å²) < 4.78 is 10.1. The maximum absolute atomic E-state index is 12.1. The van der Waals surface area contributed by atoms with Gasteiger partial charge in [-0.05, 0) is 36.6 Å². The first-order chi connectivity index (χ1) is 12.4. The van der Waals surface area contributed by atoms with E-state index in [9.17, 15) is 24.9 Å². The Morgan fingerprint density at radius 2 is 1.31 bits per heavy atom. The number of carbonyl (C=O) groups is 2. The van der Waals surface area contributed by atoms with Crippen LogP contribution < -0.4 is 0 Å². The predicted molar refractivity (Wildman–Crippen MR) is 94.8 cm³/mol. The highest BCUT2D eigenvalue weighted by Crippen LogP contribution is 2.14. The minimum absolute atomic E-state index is 0.0845. The number of rotatable bonds is 11. The van der Waals surface area contributed by atoms with Crippen molar-refractivity contribution >= 4 is 11.9 Å². The normalized spacial score (nSPS) is 13.1. The van der Waals surface area contributed by atoms with Gasteiger partial charge in [-0.3, -0.25) is 0 Å². The molecule has 0 saturated carbocycles. The third-order valence-electron chi connectivity index (χ3n) is 3.70. The Morgan fingerprint density at radius 3 is 1.65 bits per heavy atom. The molecular formula is C19H28O7. The van der Waals surface area contributed by atoms with Crippen LogP contribution in [0.3, 0.4) is 0 Å². The average Bonchev–Trinajstić information content (AvgIpc) is 2.64. The Morgan fingerprint density at radius 1 is 0.885 bits per heavy atom. The molecule has 0 radical (unpaired) electrons. The number of benzene rings is 1. The van der Waals surface area contributed by atoms with Crippen molar-refractivity contribution in [3.8, 4) is 0 Å². The van der Waals surface area contributed by atoms with E-state index in [4.69, 9.17) is 9.47 Å². The first kappa shape index (κ1) is 22.1. The van der Waals surface area contributed by atoms with Crippen LogP contribution in [0, 0.1) is 0 Å². The molecule has 0 bridgehead atoms. The number of aliphatic hydroxyl groups is 3. The first-order valence-corrected chi connectivity index (χ1v) is 8.86. The second kappa shape index (κ2) is 11.6. The Kier molecular flexibility index (Phi) is 9.87. The maximum atomic E-state index is 12.1. The minimum Gasteiger partial charge on any atom is -0.459 e. The van der Waals surface area contributed by atoms with Crippen LogP contribution in [-0.2, 0) is 16.1 Å². The molecule has 0 heterocycles. The van der Waals surface area contributed by atoms with Crippen molar-refractivity contribution in [1.82, 2.24) is 0 Å². The second-order valence-corrected chi connectivity index (χ2v) is 6.16. The molecule has 0 aromatic heterocycles. The van der Waals surface area contributed by atoms with Crippen LogP contribution in [0.2, 0.25) is 0 Å². The van der Waals surface area contributed by atoms with Crippen molar-refractivity contribution in [3.63, 3.8) is 0 Å². The van der Waals surface area contributed by atoms with Gasteiger partial charge in [0.25, 0.3) is 0 Å². The lowest BCUT2D eigenvalue weighted by atomic mass is 10.1. The fraction of sp³-hybridized carbons (Fsp3) is 0.579. The van der Waals surface area contributed by atoms with Gasteiger partial charge in [0, 0.05) is 0 Å². The summed E-state index contributed by atoms with van der Waals surface area (Å²) in [4.78, 5) is 24.3. The van der Waals surface area contributed by atoms with Gasteiger partial charge in [-0.15, -0.1) is 0 Å². The number of hydrogen-bond donors (Lipinski definition) is 3. The Labute approximate surface area is 153 Å². The smallest absolute Gasteiger partial charge is 0.338 e. The van der Waals surface area contributed by atoms with Crippen LogP contribution in [0.1, 0.15) is 65.8 Å². The van der Waals surface area contributed by atoms with Crippen molar-refractivity contribution < 1.29 is 34.4 Å². The molecule has 146 valence electrons. The van der Waals surface area contributed by atoms with E-state index in [0.717, 1.165) is 12.8 Å². The van der Waals surface area contributed by atoms with E-state index in [1.807, 2.05) is 13.8 Å². The summed E-state index contributed by atoms with van der Waals surface area (Å²) in [6.07, 6.45) is 1.07. The maximum Gasteiger partial charge on any atom is 0.338 e. The van der Waals surface area contributed by atoms with Crippen LogP contribution in [-0.4, -0.2) is 52.7 Å². The highest BCUT2D eigenvalue weighted by Gasteiger charge is 2.17. The molecule has 0 aliphatic heterocycles. The predicted octanol–water partition coefficient (Wildman–Crippen LogP) is 1.81. The van der Waals surface area contributed by atoms with Crippen molar-refractivity contribution in [3.05, 3.63) is 34.9 Å². The molecule has 26 heavy (non-hydrogen) atoms. The Bertz CT molecular complexity index is 539. The topological polar surface area (TPSA) is 113 Å². The summed E-state index contributed by atoms with van der Waals surface area (Å²) in [6.45, 7) is 3.17. The largest absolute Gasteiger partial charge is 0.459 e. The highest BCUT2D eigenvalue weighted by molar-refractivity contribution is 5.95. The van der Waals surface area contributed by atoms with Gasteiger partial charge in [0.1, 0.15) is 13.2 Å². The average molecular weight is 368 g/mol. The zero-order valence-corrected chi connectivity index (χ0v) is 15.3. The molecule has 3 N–H and O–H groups in total. The number of hydrogen-bond acceptors (Lipinski definition) is 7. The van der Waals surface area contributed by atoms with E-state index in [2.05, 4.69) is 0 Å². The monoisotopic (exact) mass is 368 g/mol. The molecule has 0 saturated heterocycles. The molecule has 0 aliphatic rings. The van der Waals surface area contributed by atoms with E-state index in [1.54, 1.807) is 0 Å². The van der Waals surface area contributed by atoms with Crippen LogP contribution >= 0.6 is 0 Å². The van der Waals surface area contributed by atoms with E-state index in [1.165, 1.54) is 18.2 Å². The van der Waals surface area contributed by atoms with Crippen molar-refractivity contribution in [2.75, 3.05) is 13.2 Å². The van der Waals surface area contributed by atoms with Gasteiger partial charge in [-0.1, -0.05) is 26.7 Å². The summed E-state index contributed by atoms with van der Waals surface area (Å²) >= 11 is 0. The lowest BCUT2D eigenvalue weighted by Gasteiger charge is -2.13. The lowest BCUT2D eigenvalue weighted by molar-refractivity contribution is 0.0231. The van der Waals surface area contributed by atoms with Crippen molar-refractivity contribution in [2.24, 2.45) is 0 Å². The van der Waals surface area contributed by atoms with Gasteiger partial charge < -0.3 is 24.8 Å². The molecule has 2 atom stereocenters. The van der Waals surface area contributed by atoms with Gasteiger partial charge >= 0.3 is 11.9 Å². The molecule has 0 amide bonds. The summed E-state index contributed by atoms with van der Waals surface area (Å²) in [5.41, 5.74) is 0.525. The van der Waals surface area contributed by atoms with Gasteiger partial charge in [-0.2, -0.15) is 0 Å². The molecule has 0 fully saturated rings. The third kappa shape index (κ3) is 7.51. The van der Waals surface area contributed by atoms with E-state index < -0.39 is 24.1 Å². The molecule has 1 aromatic rings. The molecule has 0 spiro atoms. The minimum atomic E-state index is -0.741. The Balaban J connectivity index is 2.80. The number of aliphatic hydroxyl groups excluding tert-OH is 3. The summed E-state index contributed by atoms with van der Waals surface area (Å²) in [5, 5.41) is 28.6. The SMILES string of the molecule is CCC[C@@H](O)COC(=O)c1cc(CO)cc(C(=O)OC[C@@H](O)CCC)c1. The van der Waals surface area contributed by atoms with E-state index in [-0.39, 0.29) is 30.9 Å². The lowest BCUT2D eigenvalue weighted by Crippen LogP contribution is -2.20. The van der Waals surface area contributed by atoms with E-state index >= 15 is 0 Å². The second-order valence-electron chi connectivity index (χ2n) is 6.16. The standard InChI is InChI=1S/C19H28O7/c1-3-5-16(21)11-25-18(23)14-7-13(10-20)8-15(9-14)19(24)26-12-17(22)6-4-2/h7-9,16-17,20-22H,3-6,10-12H2,1-2H3/t16-,17+. The molecular weight excluding hydrogens is 340 g/mol. The zero-order valence-electron chi connectivity index (χ0n) is 15.3. The van der Waals surface area contributed by atoms with Crippen molar-refractivity contribution in [1.29, 1.82) is 0 Å². The number of esters is 2. The van der Waals surface area contributed by atoms with Crippen molar-refractivity contribution in [2.45, 2.75) is 58.3 Å². The fourth-order valence-electron chi connectivity index (χ4n) is 2.36. The van der Waals surface area contributed by atoms with Crippen LogP contribution in [0.4, 0.5) is 0 Å². The molecule has 0 aliphatic carbocycles. The van der Waals surface area contributed by atoms with Gasteiger partial charge in [0.15, 0.2) is 0 Å². The van der Waals surface area contributed by atoms with Crippen LogP contribution in [0.25, 0.3) is 0 Å². The van der Waals surface area contributed by atoms with Gasteiger partial charge in [0.2, 0.25) is 0 Å². The van der Waals surface area contributed by atoms with E-state index in [0.29, 0.717) is 18.4 Å². The molecule has 0 unspecified atom stereocenters. The van der Waals surface area contributed by atoms with Crippen LogP contribution in [0.5, 0.6) is 0 Å². The highest BCUT2D eigenvalue weighted by atomic mass is 16.5. The van der Waals surface area contributed by atoms with Gasteiger partial charge in [-0.25, -0.2) is 9.59 Å². The summed E-state index contributed by atoms with van der Waals surface area (Å²) in [6, 6.07) is 4.14. The molecule has 1 aromatic carbocycles. The summed E-state index contributed by atoms with van der Waals surface area (Å²) in [5.74, 6) is -1.40. The summed E-state index contributed by atoms with van der Waals surface area (Å²) in [7, 11) is 0. The molecule has 7 heteroatoms. The third-order valence-corrected chi connectivity index (χ3v) is 3.70. The first-order valence-electron chi connectivity index (χ1n) is 8.86. The fourth-order valence-corrected chi connectivity index (χ4v) is 2.36. The number of carbonyl (C=O) groups excluding carboxylic acids is 2. The molecule has 1 rings (SSSR count).